The molecule has 0 spiro atoms. The molecule has 1 aliphatic rings. The number of carbonyl (C=O) groups is 1. The molecule has 0 N–H and O–H groups in total. The summed E-state index contributed by atoms with van der Waals surface area (Å²) in [5.41, 5.74) is 6.39. The Balaban J connectivity index is 1.35. The van der Waals surface area contributed by atoms with Gasteiger partial charge in [0.15, 0.2) is 5.78 Å². The molecule has 3 aromatic rings. The Hall–Kier alpha value is -2.92. The minimum atomic E-state index is 0.106. The van der Waals surface area contributed by atoms with Gasteiger partial charge < -0.3 is 9.32 Å². The average Bonchev–Trinajstić information content (AvgIpc) is 3.17. The monoisotopic (exact) mass is 389 g/mol. The number of aromatic nitrogens is 1. The number of hydrogen-bond donors (Lipinski definition) is 0. The molecule has 0 radical (unpaired) electrons. The standard InChI is InChI=1S/C24H27N3O2/c1-17-4-9-23(18(2)14-17)24-25-21(16-29-24)15-26-10-12-27(13-11-26)22-7-5-20(6-8-22)19(3)28/h4-9,14,16H,10-13,15H2,1-3H3. The molecule has 1 saturated heterocycles. The number of hydrogen-bond acceptors (Lipinski definition) is 5. The van der Waals surface area contributed by atoms with Crippen molar-refractivity contribution in [2.75, 3.05) is 31.1 Å². The van der Waals surface area contributed by atoms with Crippen LogP contribution in [0.15, 0.2) is 53.1 Å². The van der Waals surface area contributed by atoms with Crippen LogP contribution in [-0.4, -0.2) is 41.8 Å². The van der Waals surface area contributed by atoms with Crippen molar-refractivity contribution in [3.05, 3.63) is 71.1 Å². The lowest BCUT2D eigenvalue weighted by Crippen LogP contribution is -2.46. The van der Waals surface area contributed by atoms with Crippen LogP contribution >= 0.6 is 0 Å². The van der Waals surface area contributed by atoms with E-state index in [-0.39, 0.29) is 5.78 Å². The topological polar surface area (TPSA) is 49.6 Å². The Morgan fingerprint density at radius 1 is 1.03 bits per heavy atom. The molecule has 0 bridgehead atoms. The van der Waals surface area contributed by atoms with Crippen LogP contribution in [0.25, 0.3) is 11.5 Å². The highest BCUT2D eigenvalue weighted by Gasteiger charge is 2.19. The van der Waals surface area contributed by atoms with E-state index in [4.69, 9.17) is 9.40 Å². The molecule has 2 heterocycles. The second-order valence-corrected chi connectivity index (χ2v) is 7.83. The van der Waals surface area contributed by atoms with Gasteiger partial charge in [-0.25, -0.2) is 4.98 Å². The number of rotatable bonds is 5. The lowest BCUT2D eigenvalue weighted by atomic mass is 10.1. The van der Waals surface area contributed by atoms with E-state index in [0.717, 1.165) is 49.5 Å². The number of piperazine rings is 1. The molecule has 2 aromatic carbocycles. The quantitative estimate of drug-likeness (QED) is 0.602. The van der Waals surface area contributed by atoms with Crippen molar-refractivity contribution in [3.8, 4) is 11.5 Å². The first kappa shape index (κ1) is 19.4. The molecule has 0 atom stereocenters. The van der Waals surface area contributed by atoms with Crippen LogP contribution in [0, 0.1) is 13.8 Å². The predicted octanol–water partition coefficient (Wildman–Crippen LogP) is 4.48. The molecular formula is C24H27N3O2. The molecule has 29 heavy (non-hydrogen) atoms. The molecule has 5 heteroatoms. The molecule has 150 valence electrons. The van der Waals surface area contributed by atoms with E-state index in [1.165, 1.54) is 16.8 Å². The summed E-state index contributed by atoms with van der Waals surface area (Å²) in [6.07, 6.45) is 1.78. The number of anilines is 1. The minimum absolute atomic E-state index is 0.106. The summed E-state index contributed by atoms with van der Waals surface area (Å²) in [7, 11) is 0. The maximum Gasteiger partial charge on any atom is 0.226 e. The summed E-state index contributed by atoms with van der Waals surface area (Å²) in [5.74, 6) is 0.802. The maximum atomic E-state index is 11.4. The SMILES string of the molecule is CC(=O)c1ccc(N2CCN(Cc3coc(-c4ccc(C)cc4C)n3)CC2)cc1. The summed E-state index contributed by atoms with van der Waals surface area (Å²) in [5, 5.41) is 0. The van der Waals surface area contributed by atoms with E-state index < -0.39 is 0 Å². The lowest BCUT2D eigenvalue weighted by Gasteiger charge is -2.35. The molecule has 1 aromatic heterocycles. The second kappa shape index (κ2) is 8.21. The summed E-state index contributed by atoms with van der Waals surface area (Å²) in [4.78, 5) is 20.9. The maximum absolute atomic E-state index is 11.4. The van der Waals surface area contributed by atoms with Gasteiger partial charge in [0.1, 0.15) is 6.26 Å². The first-order valence-corrected chi connectivity index (χ1v) is 10.1. The molecule has 1 aliphatic heterocycles. The first-order valence-electron chi connectivity index (χ1n) is 10.1. The van der Waals surface area contributed by atoms with Gasteiger partial charge in [0.2, 0.25) is 5.89 Å². The van der Waals surface area contributed by atoms with Crippen LogP contribution in [0.5, 0.6) is 0 Å². The van der Waals surface area contributed by atoms with Crippen LogP contribution in [0.1, 0.15) is 34.1 Å². The van der Waals surface area contributed by atoms with E-state index in [1.54, 1.807) is 13.2 Å². The van der Waals surface area contributed by atoms with E-state index in [2.05, 4.69) is 41.8 Å². The van der Waals surface area contributed by atoms with Crippen LogP contribution < -0.4 is 4.90 Å². The summed E-state index contributed by atoms with van der Waals surface area (Å²) >= 11 is 0. The Morgan fingerprint density at radius 2 is 1.76 bits per heavy atom. The summed E-state index contributed by atoms with van der Waals surface area (Å²) in [6, 6.07) is 14.2. The highest BCUT2D eigenvalue weighted by atomic mass is 16.3. The van der Waals surface area contributed by atoms with Crippen LogP contribution in [-0.2, 0) is 6.54 Å². The zero-order chi connectivity index (χ0) is 20.4. The van der Waals surface area contributed by atoms with Crippen molar-refractivity contribution in [2.24, 2.45) is 0 Å². The van der Waals surface area contributed by atoms with Crippen molar-refractivity contribution >= 4 is 11.5 Å². The Bertz CT molecular complexity index is 999. The third-order valence-electron chi connectivity index (χ3n) is 5.56. The molecule has 4 rings (SSSR count). The van der Waals surface area contributed by atoms with Crippen molar-refractivity contribution in [1.29, 1.82) is 0 Å². The van der Waals surface area contributed by atoms with Crippen LogP contribution in [0.3, 0.4) is 0 Å². The smallest absolute Gasteiger partial charge is 0.226 e. The molecule has 0 unspecified atom stereocenters. The lowest BCUT2D eigenvalue weighted by molar-refractivity contribution is 0.101. The number of carbonyl (C=O) groups excluding carboxylic acids is 1. The van der Waals surface area contributed by atoms with E-state index in [1.807, 2.05) is 24.3 Å². The van der Waals surface area contributed by atoms with Crippen molar-refractivity contribution in [3.63, 3.8) is 0 Å². The molecule has 0 saturated carbocycles. The number of nitrogens with zero attached hydrogens (tertiary/aromatic N) is 3. The van der Waals surface area contributed by atoms with Gasteiger partial charge in [-0.3, -0.25) is 9.69 Å². The normalized spacial score (nSPS) is 14.9. The largest absolute Gasteiger partial charge is 0.444 e. The van der Waals surface area contributed by atoms with Gasteiger partial charge >= 0.3 is 0 Å². The highest BCUT2D eigenvalue weighted by Crippen LogP contribution is 2.24. The number of benzene rings is 2. The highest BCUT2D eigenvalue weighted by molar-refractivity contribution is 5.94. The fourth-order valence-electron chi connectivity index (χ4n) is 3.86. The van der Waals surface area contributed by atoms with E-state index in [9.17, 15) is 4.79 Å². The Labute approximate surface area is 172 Å². The number of oxazole rings is 1. The Kier molecular flexibility index (Phi) is 5.49. The molecule has 1 fully saturated rings. The van der Waals surface area contributed by atoms with Crippen LogP contribution in [0.4, 0.5) is 5.69 Å². The zero-order valence-corrected chi connectivity index (χ0v) is 17.3. The fraction of sp³-hybridized carbons (Fsp3) is 0.333. The predicted molar refractivity (Wildman–Crippen MR) is 115 cm³/mol. The Morgan fingerprint density at radius 3 is 2.41 bits per heavy atom. The first-order chi connectivity index (χ1) is 14.0. The zero-order valence-electron chi connectivity index (χ0n) is 17.3. The van der Waals surface area contributed by atoms with Crippen LogP contribution in [0.2, 0.25) is 0 Å². The van der Waals surface area contributed by atoms with Gasteiger partial charge in [-0.05, 0) is 56.7 Å². The van der Waals surface area contributed by atoms with Gasteiger partial charge in [0.25, 0.3) is 0 Å². The van der Waals surface area contributed by atoms with Crippen molar-refractivity contribution in [1.82, 2.24) is 9.88 Å². The summed E-state index contributed by atoms with van der Waals surface area (Å²) < 4.78 is 5.76. The van der Waals surface area contributed by atoms with Crippen molar-refractivity contribution < 1.29 is 9.21 Å². The molecule has 0 aliphatic carbocycles. The third kappa shape index (κ3) is 4.40. The second-order valence-electron chi connectivity index (χ2n) is 7.83. The third-order valence-corrected chi connectivity index (χ3v) is 5.56. The molecule has 0 amide bonds. The van der Waals surface area contributed by atoms with Gasteiger partial charge in [0, 0.05) is 49.5 Å². The van der Waals surface area contributed by atoms with Gasteiger partial charge in [-0.2, -0.15) is 0 Å². The van der Waals surface area contributed by atoms with E-state index in [0.29, 0.717) is 5.89 Å². The average molecular weight is 389 g/mol. The van der Waals surface area contributed by atoms with E-state index >= 15 is 0 Å². The van der Waals surface area contributed by atoms with Gasteiger partial charge in [0.05, 0.1) is 5.69 Å². The number of aryl methyl sites for hydroxylation is 2. The van der Waals surface area contributed by atoms with Gasteiger partial charge in [-0.15, -0.1) is 0 Å². The number of ketones is 1. The molecule has 5 nitrogen and oxygen atoms in total. The molecular weight excluding hydrogens is 362 g/mol. The van der Waals surface area contributed by atoms with Crippen molar-refractivity contribution in [2.45, 2.75) is 27.3 Å². The summed E-state index contributed by atoms with van der Waals surface area (Å²) in [6.45, 7) is 10.4. The minimum Gasteiger partial charge on any atom is -0.444 e. The fourth-order valence-corrected chi connectivity index (χ4v) is 3.86. The van der Waals surface area contributed by atoms with Gasteiger partial charge in [-0.1, -0.05) is 17.7 Å². The number of Topliss-reactive ketones (excluding diaryl/α,β-unsaturated/α-hetero) is 1.